The van der Waals surface area contributed by atoms with Crippen LogP contribution in [0, 0.1) is 6.92 Å². The minimum Gasteiger partial charge on any atom is -0.415 e. The lowest BCUT2D eigenvalue weighted by Crippen LogP contribution is -3.09. The van der Waals surface area contributed by atoms with E-state index in [9.17, 15) is 0 Å². The van der Waals surface area contributed by atoms with E-state index >= 15 is 0 Å². The van der Waals surface area contributed by atoms with Crippen LogP contribution in [0.25, 0.3) is 22.7 Å². The lowest BCUT2D eigenvalue weighted by atomic mass is 10.1. The highest BCUT2D eigenvalue weighted by molar-refractivity contribution is 7.09. The summed E-state index contributed by atoms with van der Waals surface area (Å²) in [4.78, 5) is 2.73. The van der Waals surface area contributed by atoms with Crippen molar-refractivity contribution in [2.75, 3.05) is 6.54 Å². The molecule has 0 bridgehead atoms. The summed E-state index contributed by atoms with van der Waals surface area (Å²) in [7, 11) is 0. The molecule has 1 aromatic carbocycles. The second kappa shape index (κ2) is 7.85. The van der Waals surface area contributed by atoms with Gasteiger partial charge in [0.15, 0.2) is 6.54 Å². The Balaban J connectivity index is 1.57. The Kier molecular flexibility index (Phi) is 5.13. The number of aromatic nitrogens is 3. The van der Waals surface area contributed by atoms with E-state index in [0.717, 1.165) is 29.9 Å². The summed E-state index contributed by atoms with van der Waals surface area (Å²) in [5, 5.41) is 14.8. The number of hydrogen-bond donors (Lipinski definition) is 1. The second-order valence-electron chi connectivity index (χ2n) is 6.37. The number of thiophene rings is 1. The summed E-state index contributed by atoms with van der Waals surface area (Å²) in [6.45, 7) is 6.65. The van der Waals surface area contributed by atoms with Crippen LogP contribution in [0.3, 0.4) is 0 Å². The maximum absolute atomic E-state index is 5.98. The molecule has 3 heterocycles. The van der Waals surface area contributed by atoms with Crippen molar-refractivity contribution in [2.24, 2.45) is 0 Å². The number of quaternary nitrogens is 1. The van der Waals surface area contributed by atoms with Crippen LogP contribution in [0.5, 0.6) is 0 Å². The van der Waals surface area contributed by atoms with Crippen LogP contribution >= 0.6 is 11.3 Å². The Morgan fingerprint density at radius 1 is 1.04 bits per heavy atom. The third kappa shape index (κ3) is 3.84. The SMILES string of the molecule is CC[NH+](Cc1nnc(-c2c(-c3ccccc3)noc2C)o1)Cc1cccs1. The number of nitrogens with one attached hydrogen (secondary N) is 1. The summed E-state index contributed by atoms with van der Waals surface area (Å²) < 4.78 is 11.4. The molecule has 6 nitrogen and oxygen atoms in total. The zero-order valence-corrected chi connectivity index (χ0v) is 16.1. The lowest BCUT2D eigenvalue weighted by Gasteiger charge is -2.14. The fraction of sp³-hybridized carbons (Fsp3) is 0.250. The van der Waals surface area contributed by atoms with E-state index in [0.29, 0.717) is 24.1 Å². The van der Waals surface area contributed by atoms with Crippen LogP contribution in [-0.4, -0.2) is 21.9 Å². The molecule has 0 saturated heterocycles. The lowest BCUT2D eigenvalue weighted by molar-refractivity contribution is -0.926. The molecule has 27 heavy (non-hydrogen) atoms. The van der Waals surface area contributed by atoms with Gasteiger partial charge in [0.1, 0.15) is 23.6 Å². The molecule has 7 heteroatoms. The molecule has 1 N–H and O–H groups in total. The molecule has 138 valence electrons. The molecule has 1 unspecified atom stereocenters. The van der Waals surface area contributed by atoms with Gasteiger partial charge in [0.05, 0.1) is 11.4 Å². The molecule has 3 aromatic heterocycles. The van der Waals surface area contributed by atoms with Crippen LogP contribution in [0.15, 0.2) is 56.8 Å². The van der Waals surface area contributed by atoms with Crippen LogP contribution in [0.4, 0.5) is 0 Å². The van der Waals surface area contributed by atoms with Gasteiger partial charge in [-0.05, 0) is 25.3 Å². The average Bonchev–Trinajstić information content (AvgIpc) is 3.43. The maximum atomic E-state index is 5.98. The first-order valence-electron chi connectivity index (χ1n) is 8.95. The van der Waals surface area contributed by atoms with Gasteiger partial charge in [-0.3, -0.25) is 0 Å². The highest BCUT2D eigenvalue weighted by Crippen LogP contribution is 2.33. The molecule has 0 spiro atoms. The van der Waals surface area contributed by atoms with Crippen molar-refractivity contribution in [3.8, 4) is 22.7 Å². The van der Waals surface area contributed by atoms with E-state index in [-0.39, 0.29) is 0 Å². The summed E-state index contributed by atoms with van der Waals surface area (Å²) >= 11 is 1.77. The fourth-order valence-electron chi connectivity index (χ4n) is 3.03. The first-order valence-corrected chi connectivity index (χ1v) is 9.83. The number of hydrogen-bond acceptors (Lipinski definition) is 6. The molecule has 4 aromatic rings. The van der Waals surface area contributed by atoms with Gasteiger partial charge in [-0.1, -0.05) is 41.6 Å². The molecule has 0 amide bonds. The molecular weight excluding hydrogens is 360 g/mol. The molecular formula is C20H21N4O2S+. The minimum atomic E-state index is 0.453. The van der Waals surface area contributed by atoms with Gasteiger partial charge in [-0.25, -0.2) is 0 Å². The van der Waals surface area contributed by atoms with Gasteiger partial charge in [-0.2, -0.15) is 0 Å². The fourth-order valence-corrected chi connectivity index (χ4v) is 3.81. The van der Waals surface area contributed by atoms with E-state index in [2.05, 4.69) is 39.8 Å². The smallest absolute Gasteiger partial charge is 0.271 e. The van der Waals surface area contributed by atoms with E-state index in [1.165, 1.54) is 9.78 Å². The van der Waals surface area contributed by atoms with E-state index in [1.54, 1.807) is 11.3 Å². The van der Waals surface area contributed by atoms with Crippen LogP contribution in [0.1, 0.15) is 23.5 Å². The third-order valence-electron chi connectivity index (χ3n) is 4.50. The van der Waals surface area contributed by atoms with Gasteiger partial charge in [0, 0.05) is 5.56 Å². The van der Waals surface area contributed by atoms with E-state index < -0.39 is 0 Å². The largest absolute Gasteiger partial charge is 0.415 e. The second-order valence-corrected chi connectivity index (χ2v) is 7.40. The van der Waals surface area contributed by atoms with Crippen molar-refractivity contribution < 1.29 is 13.8 Å². The summed E-state index contributed by atoms with van der Waals surface area (Å²) in [6.07, 6.45) is 0. The average molecular weight is 381 g/mol. The minimum absolute atomic E-state index is 0.453. The van der Waals surface area contributed by atoms with E-state index in [4.69, 9.17) is 8.94 Å². The summed E-state index contributed by atoms with van der Waals surface area (Å²) in [6, 6.07) is 14.1. The Morgan fingerprint density at radius 2 is 1.89 bits per heavy atom. The first-order chi connectivity index (χ1) is 13.2. The highest BCUT2D eigenvalue weighted by atomic mass is 32.1. The van der Waals surface area contributed by atoms with Crippen LogP contribution in [0.2, 0.25) is 0 Å². The number of nitrogens with zero attached hydrogens (tertiary/aromatic N) is 3. The molecule has 0 radical (unpaired) electrons. The molecule has 0 aliphatic rings. The van der Waals surface area contributed by atoms with Gasteiger partial charge in [0.25, 0.3) is 11.8 Å². The van der Waals surface area contributed by atoms with Gasteiger partial charge in [-0.15, -0.1) is 21.5 Å². The standard InChI is InChI=1S/C20H20N4O2S/c1-3-24(12-16-10-7-11-27-16)13-17-21-22-20(25-17)18-14(2)26-23-19(18)15-8-5-4-6-9-15/h4-11H,3,12-13H2,1-2H3/p+1. The van der Waals surface area contributed by atoms with Crippen molar-refractivity contribution in [1.82, 2.24) is 15.4 Å². The van der Waals surface area contributed by atoms with E-state index in [1.807, 2.05) is 37.3 Å². The summed E-state index contributed by atoms with van der Waals surface area (Å²) in [5.41, 5.74) is 2.44. The Bertz CT molecular complexity index is 992. The molecule has 1 atom stereocenters. The van der Waals surface area contributed by atoms with Crippen molar-refractivity contribution >= 4 is 11.3 Å². The monoisotopic (exact) mass is 381 g/mol. The first kappa shape index (κ1) is 17.6. The van der Waals surface area contributed by atoms with Gasteiger partial charge >= 0.3 is 0 Å². The Labute approximate surface area is 161 Å². The predicted molar refractivity (Wildman–Crippen MR) is 103 cm³/mol. The molecule has 4 rings (SSSR count). The zero-order valence-electron chi connectivity index (χ0n) is 15.3. The normalized spacial score (nSPS) is 12.4. The van der Waals surface area contributed by atoms with Gasteiger partial charge < -0.3 is 13.8 Å². The Morgan fingerprint density at radius 3 is 2.63 bits per heavy atom. The number of benzene rings is 1. The van der Waals surface area contributed by atoms with Crippen LogP contribution in [-0.2, 0) is 13.1 Å². The molecule has 0 aliphatic heterocycles. The van der Waals surface area contributed by atoms with Crippen molar-refractivity contribution in [3.05, 3.63) is 64.4 Å². The quantitative estimate of drug-likeness (QED) is 0.532. The maximum Gasteiger partial charge on any atom is 0.271 e. The number of aryl methyl sites for hydroxylation is 1. The third-order valence-corrected chi connectivity index (χ3v) is 5.37. The number of rotatable bonds is 7. The molecule has 0 aliphatic carbocycles. The summed E-state index contributed by atoms with van der Waals surface area (Å²) in [5.74, 6) is 1.74. The van der Waals surface area contributed by atoms with Gasteiger partial charge in [0.2, 0.25) is 0 Å². The molecule has 0 saturated carbocycles. The zero-order chi connectivity index (χ0) is 18.6. The predicted octanol–water partition coefficient (Wildman–Crippen LogP) is 3.37. The Hall–Kier alpha value is -2.77. The highest BCUT2D eigenvalue weighted by Gasteiger charge is 2.23. The van der Waals surface area contributed by atoms with Crippen molar-refractivity contribution in [1.29, 1.82) is 0 Å². The molecule has 0 fully saturated rings. The topological polar surface area (TPSA) is 69.4 Å². The van der Waals surface area contributed by atoms with Crippen LogP contribution < -0.4 is 4.90 Å². The van der Waals surface area contributed by atoms with Crippen molar-refractivity contribution in [2.45, 2.75) is 26.9 Å². The van der Waals surface area contributed by atoms with Crippen molar-refractivity contribution in [3.63, 3.8) is 0 Å².